The standard InChI is InChI=1S/C22H20ClN3O5/c23-16-6-7-19(31-14-20(27)25-8-10-30-11-9-25)15(12-16)13-18-21(28)24-26(22(18)29)17-4-2-1-3-5-17/h1-7,12-13H,8-11,14H2,(H,24,28)/b18-13-. The molecule has 0 atom stereocenters. The number of halogens is 1. The molecule has 160 valence electrons. The van der Waals surface area contributed by atoms with Crippen LogP contribution < -0.4 is 15.2 Å². The molecule has 2 aromatic carbocycles. The molecule has 0 radical (unpaired) electrons. The zero-order valence-electron chi connectivity index (χ0n) is 16.5. The van der Waals surface area contributed by atoms with Gasteiger partial charge in [-0.25, -0.2) is 5.01 Å². The summed E-state index contributed by atoms with van der Waals surface area (Å²) in [7, 11) is 0. The first-order valence-electron chi connectivity index (χ1n) is 9.73. The fraction of sp³-hybridized carbons (Fsp3) is 0.227. The number of para-hydroxylation sites is 1. The highest BCUT2D eigenvalue weighted by atomic mass is 35.5. The third kappa shape index (κ3) is 4.70. The van der Waals surface area contributed by atoms with Crippen LogP contribution in [-0.2, 0) is 19.1 Å². The number of rotatable bonds is 5. The molecule has 2 saturated heterocycles. The van der Waals surface area contributed by atoms with Crippen LogP contribution in [0.15, 0.2) is 54.1 Å². The maximum Gasteiger partial charge on any atom is 0.282 e. The van der Waals surface area contributed by atoms with Crippen molar-refractivity contribution in [1.29, 1.82) is 0 Å². The van der Waals surface area contributed by atoms with E-state index in [0.29, 0.717) is 48.3 Å². The third-order valence-electron chi connectivity index (χ3n) is 4.89. The molecule has 0 spiro atoms. The Morgan fingerprint density at radius 2 is 1.87 bits per heavy atom. The SMILES string of the molecule is O=C1NN(c2ccccc2)C(=O)/C1=C\c1cc(Cl)ccc1OCC(=O)N1CCOCC1. The Morgan fingerprint density at radius 3 is 2.61 bits per heavy atom. The average molecular weight is 442 g/mol. The Kier molecular flexibility index (Phi) is 6.20. The summed E-state index contributed by atoms with van der Waals surface area (Å²) in [5.41, 5.74) is 3.46. The smallest absolute Gasteiger partial charge is 0.282 e. The van der Waals surface area contributed by atoms with Crippen LogP contribution in [0.3, 0.4) is 0 Å². The van der Waals surface area contributed by atoms with Gasteiger partial charge in [0.25, 0.3) is 17.7 Å². The molecular formula is C22H20ClN3O5. The predicted octanol–water partition coefficient (Wildman–Crippen LogP) is 2.04. The monoisotopic (exact) mass is 441 g/mol. The van der Waals surface area contributed by atoms with Crippen molar-refractivity contribution in [1.82, 2.24) is 10.3 Å². The lowest BCUT2D eigenvalue weighted by atomic mass is 10.1. The van der Waals surface area contributed by atoms with Crippen molar-refractivity contribution in [3.8, 4) is 5.75 Å². The predicted molar refractivity (Wildman–Crippen MR) is 114 cm³/mol. The van der Waals surface area contributed by atoms with Crippen molar-refractivity contribution >= 4 is 41.1 Å². The number of anilines is 1. The number of carbonyl (C=O) groups is 3. The van der Waals surface area contributed by atoms with E-state index in [1.54, 1.807) is 47.4 Å². The minimum absolute atomic E-state index is 0.0597. The molecule has 31 heavy (non-hydrogen) atoms. The first-order chi connectivity index (χ1) is 15.0. The van der Waals surface area contributed by atoms with Crippen LogP contribution in [0, 0.1) is 0 Å². The maximum atomic E-state index is 12.8. The van der Waals surface area contributed by atoms with E-state index < -0.39 is 11.8 Å². The van der Waals surface area contributed by atoms with E-state index in [1.165, 1.54) is 11.1 Å². The second kappa shape index (κ2) is 9.20. The summed E-state index contributed by atoms with van der Waals surface area (Å²) >= 11 is 6.11. The summed E-state index contributed by atoms with van der Waals surface area (Å²) in [5, 5.41) is 1.59. The highest BCUT2D eigenvalue weighted by Gasteiger charge is 2.34. The molecule has 0 unspecified atom stereocenters. The fourth-order valence-corrected chi connectivity index (χ4v) is 3.46. The first kappa shape index (κ1) is 20.9. The number of hydrogen-bond donors (Lipinski definition) is 1. The first-order valence-corrected chi connectivity index (χ1v) is 10.1. The van der Waals surface area contributed by atoms with Gasteiger partial charge in [-0.1, -0.05) is 29.8 Å². The zero-order chi connectivity index (χ0) is 21.8. The largest absolute Gasteiger partial charge is 0.483 e. The summed E-state index contributed by atoms with van der Waals surface area (Å²) in [4.78, 5) is 39.3. The number of ether oxygens (including phenoxy) is 2. The Morgan fingerprint density at radius 1 is 1.13 bits per heavy atom. The van der Waals surface area contributed by atoms with Gasteiger partial charge >= 0.3 is 0 Å². The molecule has 9 heteroatoms. The Labute approximate surface area is 183 Å². The van der Waals surface area contributed by atoms with Gasteiger partial charge in [-0.2, -0.15) is 0 Å². The average Bonchev–Trinajstić information content (AvgIpc) is 3.08. The van der Waals surface area contributed by atoms with Gasteiger partial charge in [0.1, 0.15) is 11.3 Å². The van der Waals surface area contributed by atoms with Crippen LogP contribution in [0.2, 0.25) is 5.02 Å². The lowest BCUT2D eigenvalue weighted by Crippen LogP contribution is -2.43. The van der Waals surface area contributed by atoms with Crippen molar-refractivity contribution in [2.45, 2.75) is 0 Å². The molecular weight excluding hydrogens is 422 g/mol. The molecule has 1 N–H and O–H groups in total. The van der Waals surface area contributed by atoms with Gasteiger partial charge in [-0.15, -0.1) is 0 Å². The lowest BCUT2D eigenvalue weighted by Gasteiger charge is -2.26. The molecule has 8 nitrogen and oxygen atoms in total. The quantitative estimate of drug-likeness (QED) is 0.566. The van der Waals surface area contributed by atoms with Gasteiger partial charge in [0, 0.05) is 23.7 Å². The molecule has 2 aromatic rings. The normalized spacial score (nSPS) is 17.8. The number of nitrogens with zero attached hydrogens (tertiary/aromatic N) is 2. The van der Waals surface area contributed by atoms with E-state index >= 15 is 0 Å². The van der Waals surface area contributed by atoms with Gasteiger partial charge in [-0.3, -0.25) is 19.8 Å². The number of amides is 3. The van der Waals surface area contributed by atoms with Crippen LogP contribution in [0.5, 0.6) is 5.75 Å². The van der Waals surface area contributed by atoms with Crippen LogP contribution in [-0.4, -0.2) is 55.5 Å². The van der Waals surface area contributed by atoms with Gasteiger partial charge < -0.3 is 14.4 Å². The van der Waals surface area contributed by atoms with E-state index in [0.717, 1.165) is 0 Å². The number of morpholine rings is 1. The Bertz CT molecular complexity index is 1030. The summed E-state index contributed by atoms with van der Waals surface area (Å²) in [6.07, 6.45) is 1.42. The molecule has 2 fully saturated rings. The third-order valence-corrected chi connectivity index (χ3v) is 5.13. The zero-order valence-corrected chi connectivity index (χ0v) is 17.3. The van der Waals surface area contributed by atoms with Crippen LogP contribution >= 0.6 is 11.6 Å². The number of carbonyl (C=O) groups excluding carboxylic acids is 3. The van der Waals surface area contributed by atoms with Crippen LogP contribution in [0.1, 0.15) is 5.56 Å². The van der Waals surface area contributed by atoms with E-state index in [4.69, 9.17) is 21.1 Å². The molecule has 2 aliphatic heterocycles. The summed E-state index contributed by atoms with van der Waals surface area (Å²) in [5.74, 6) is -0.852. The second-order valence-corrected chi connectivity index (χ2v) is 7.38. The van der Waals surface area contributed by atoms with Gasteiger partial charge in [0.05, 0.1) is 18.9 Å². The van der Waals surface area contributed by atoms with Crippen molar-refractivity contribution in [2.75, 3.05) is 37.9 Å². The van der Waals surface area contributed by atoms with E-state index in [-0.39, 0.29) is 18.1 Å². The summed E-state index contributed by atoms with van der Waals surface area (Å²) in [6.45, 7) is 1.86. The lowest BCUT2D eigenvalue weighted by molar-refractivity contribution is -0.137. The van der Waals surface area contributed by atoms with Crippen LogP contribution in [0.4, 0.5) is 5.69 Å². The Balaban J connectivity index is 1.54. The molecule has 4 rings (SSSR count). The summed E-state index contributed by atoms with van der Waals surface area (Å²) in [6, 6.07) is 13.6. The minimum atomic E-state index is -0.538. The van der Waals surface area contributed by atoms with E-state index in [2.05, 4.69) is 5.43 Å². The van der Waals surface area contributed by atoms with Gasteiger partial charge in [0.2, 0.25) is 0 Å². The van der Waals surface area contributed by atoms with E-state index in [1.807, 2.05) is 6.07 Å². The maximum absolute atomic E-state index is 12.8. The minimum Gasteiger partial charge on any atom is -0.483 e. The van der Waals surface area contributed by atoms with Gasteiger partial charge in [-0.05, 0) is 36.4 Å². The van der Waals surface area contributed by atoms with Crippen molar-refractivity contribution < 1.29 is 23.9 Å². The van der Waals surface area contributed by atoms with Crippen molar-refractivity contribution in [3.63, 3.8) is 0 Å². The second-order valence-electron chi connectivity index (χ2n) is 6.94. The molecule has 2 aliphatic rings. The summed E-state index contributed by atoms with van der Waals surface area (Å²) < 4.78 is 11.0. The number of benzene rings is 2. The molecule has 2 heterocycles. The topological polar surface area (TPSA) is 88.2 Å². The molecule has 0 bridgehead atoms. The van der Waals surface area contributed by atoms with E-state index in [9.17, 15) is 14.4 Å². The highest BCUT2D eigenvalue weighted by Crippen LogP contribution is 2.28. The Hall–Kier alpha value is -3.36. The van der Waals surface area contributed by atoms with Gasteiger partial charge in [0.15, 0.2) is 6.61 Å². The fourth-order valence-electron chi connectivity index (χ4n) is 3.28. The molecule has 0 aromatic heterocycles. The molecule has 3 amide bonds. The molecule has 0 saturated carbocycles. The van der Waals surface area contributed by atoms with Crippen molar-refractivity contribution in [3.05, 3.63) is 64.7 Å². The molecule has 0 aliphatic carbocycles. The van der Waals surface area contributed by atoms with Crippen LogP contribution in [0.25, 0.3) is 6.08 Å². The highest BCUT2D eigenvalue weighted by molar-refractivity contribution is 6.32. The van der Waals surface area contributed by atoms with Crippen molar-refractivity contribution in [2.24, 2.45) is 0 Å². The number of hydrogen-bond acceptors (Lipinski definition) is 5. The number of nitrogens with one attached hydrogen (secondary N) is 1. The number of hydrazine groups is 1.